The first-order valence-electron chi connectivity index (χ1n) is 11.9. The van der Waals surface area contributed by atoms with Crippen molar-refractivity contribution in [3.63, 3.8) is 0 Å². The average molecular weight is 502 g/mol. The van der Waals surface area contributed by atoms with Crippen molar-refractivity contribution in [1.29, 1.82) is 0 Å². The summed E-state index contributed by atoms with van der Waals surface area (Å²) in [5.41, 5.74) is 3.35. The number of nitrogens with one attached hydrogen (secondary N) is 2. The number of nitrogens with zero attached hydrogens (tertiary/aromatic N) is 1. The van der Waals surface area contributed by atoms with Crippen LogP contribution in [-0.2, 0) is 9.59 Å². The van der Waals surface area contributed by atoms with Crippen LogP contribution >= 0.6 is 11.8 Å². The number of piperidine rings is 1. The van der Waals surface area contributed by atoms with E-state index in [2.05, 4.69) is 10.6 Å². The first-order valence-corrected chi connectivity index (χ1v) is 13.1. The quantitative estimate of drug-likeness (QED) is 0.462. The van der Waals surface area contributed by atoms with Gasteiger partial charge in [-0.2, -0.15) is 0 Å². The van der Waals surface area contributed by atoms with Gasteiger partial charge in [0.2, 0.25) is 5.91 Å². The Bertz CT molecular complexity index is 1300. The number of benzene rings is 3. The topological polar surface area (TPSA) is 98.7 Å². The molecule has 0 unspecified atom stereocenters. The molecule has 3 aromatic carbocycles. The zero-order chi connectivity index (χ0) is 25.2. The average Bonchev–Trinajstić information content (AvgIpc) is 3.02. The molecular formula is C28H27N3O4S. The number of amides is 3. The van der Waals surface area contributed by atoms with E-state index in [0.29, 0.717) is 29.8 Å². The maximum absolute atomic E-state index is 13.5. The maximum Gasteiger partial charge on any atom is 0.256 e. The van der Waals surface area contributed by atoms with Gasteiger partial charge in [-0.05, 0) is 60.1 Å². The minimum Gasteiger partial charge on any atom is -0.378 e. The summed E-state index contributed by atoms with van der Waals surface area (Å²) in [6, 6.07) is 21.3. The summed E-state index contributed by atoms with van der Waals surface area (Å²) in [4.78, 5) is 42.0. The number of anilines is 1. The number of fused-ring (bicyclic) bond motifs is 2. The van der Waals surface area contributed by atoms with E-state index in [-0.39, 0.29) is 24.3 Å². The van der Waals surface area contributed by atoms with Crippen molar-refractivity contribution in [3.05, 3.63) is 83.9 Å². The summed E-state index contributed by atoms with van der Waals surface area (Å²) in [6.45, 7) is 0.329. The molecule has 2 heterocycles. The van der Waals surface area contributed by atoms with Crippen LogP contribution in [0.1, 0.15) is 34.9 Å². The van der Waals surface area contributed by atoms with E-state index in [9.17, 15) is 19.5 Å². The van der Waals surface area contributed by atoms with Gasteiger partial charge in [0.05, 0.1) is 11.3 Å². The number of thioether (sulfide) groups is 1. The van der Waals surface area contributed by atoms with Crippen LogP contribution in [0.25, 0.3) is 11.1 Å². The summed E-state index contributed by atoms with van der Waals surface area (Å²) in [6.07, 6.45) is 1.51. The van der Waals surface area contributed by atoms with E-state index in [4.69, 9.17) is 0 Å². The normalized spacial score (nSPS) is 20.0. The van der Waals surface area contributed by atoms with Gasteiger partial charge in [-0.15, -0.1) is 11.8 Å². The highest BCUT2D eigenvalue weighted by atomic mass is 32.2. The van der Waals surface area contributed by atoms with Crippen LogP contribution in [0.2, 0.25) is 0 Å². The highest BCUT2D eigenvalue weighted by Gasteiger charge is 2.40. The summed E-state index contributed by atoms with van der Waals surface area (Å²) >= 11 is 1.67. The first kappa shape index (κ1) is 24.1. The molecule has 0 spiro atoms. The Kier molecular flexibility index (Phi) is 6.80. The Hall–Kier alpha value is -3.62. The van der Waals surface area contributed by atoms with Gasteiger partial charge in [-0.3, -0.25) is 14.4 Å². The maximum atomic E-state index is 13.5. The SMILES string of the molecule is CSc1ccc(-c2ccc3c(c2)C(=O)N2CC[C@H](NC(=O)[C@@H](O)c4ccccc4)C[C@H]2C(=O)N3)cc1. The van der Waals surface area contributed by atoms with Gasteiger partial charge in [0.25, 0.3) is 11.8 Å². The van der Waals surface area contributed by atoms with Gasteiger partial charge >= 0.3 is 0 Å². The summed E-state index contributed by atoms with van der Waals surface area (Å²) in [5, 5.41) is 16.2. The van der Waals surface area contributed by atoms with E-state index < -0.39 is 18.1 Å². The molecule has 0 aliphatic carbocycles. The van der Waals surface area contributed by atoms with Crippen molar-refractivity contribution in [2.75, 3.05) is 18.1 Å². The Morgan fingerprint density at radius 3 is 2.50 bits per heavy atom. The van der Waals surface area contributed by atoms with Crippen molar-refractivity contribution in [1.82, 2.24) is 10.2 Å². The second kappa shape index (κ2) is 10.2. The number of hydrogen-bond donors (Lipinski definition) is 3. The van der Waals surface area contributed by atoms with E-state index in [1.807, 2.05) is 48.7 Å². The summed E-state index contributed by atoms with van der Waals surface area (Å²) in [5.74, 6) is -0.993. The molecule has 5 rings (SSSR count). The molecule has 36 heavy (non-hydrogen) atoms. The van der Waals surface area contributed by atoms with Crippen LogP contribution in [-0.4, -0.2) is 52.6 Å². The molecule has 0 aromatic heterocycles. The minimum atomic E-state index is -1.29. The van der Waals surface area contributed by atoms with Gasteiger partial charge in [0.15, 0.2) is 6.10 Å². The fraction of sp³-hybridized carbons (Fsp3) is 0.250. The molecular weight excluding hydrogens is 474 g/mol. The van der Waals surface area contributed by atoms with Crippen LogP contribution in [0.5, 0.6) is 0 Å². The molecule has 1 saturated heterocycles. The Morgan fingerprint density at radius 1 is 1.06 bits per heavy atom. The number of carbonyl (C=O) groups is 3. The monoisotopic (exact) mass is 501 g/mol. The first-order chi connectivity index (χ1) is 17.4. The van der Waals surface area contributed by atoms with E-state index in [1.165, 1.54) is 0 Å². The zero-order valence-corrected chi connectivity index (χ0v) is 20.6. The predicted molar refractivity (Wildman–Crippen MR) is 140 cm³/mol. The molecule has 0 saturated carbocycles. The standard InChI is InChI=1S/C28H27N3O4S/c1-36-21-10-7-17(8-11-21)19-9-12-23-22(15-19)28(35)31-14-13-20(16-24(31)26(33)30-23)29-27(34)25(32)18-5-3-2-4-6-18/h2-12,15,20,24-25,32H,13-14,16H2,1H3,(H,29,34)(H,30,33)/t20-,24-,25-/m0/s1. The fourth-order valence-electron chi connectivity index (χ4n) is 4.82. The predicted octanol–water partition coefficient (Wildman–Crippen LogP) is 3.85. The Morgan fingerprint density at radius 2 is 1.78 bits per heavy atom. The van der Waals surface area contributed by atoms with Crippen LogP contribution in [0, 0.1) is 0 Å². The molecule has 3 amide bonds. The van der Waals surface area contributed by atoms with Crippen molar-refractivity contribution in [2.45, 2.75) is 35.9 Å². The van der Waals surface area contributed by atoms with E-state index in [0.717, 1.165) is 16.0 Å². The lowest BCUT2D eigenvalue weighted by molar-refractivity contribution is -0.131. The molecule has 8 heteroatoms. The highest BCUT2D eigenvalue weighted by molar-refractivity contribution is 7.98. The number of aliphatic hydroxyl groups excluding tert-OH is 1. The lowest BCUT2D eigenvalue weighted by Gasteiger charge is -2.37. The second-order valence-corrected chi connectivity index (χ2v) is 9.92. The molecule has 2 aliphatic heterocycles. The smallest absolute Gasteiger partial charge is 0.256 e. The van der Waals surface area contributed by atoms with Crippen molar-refractivity contribution in [3.8, 4) is 11.1 Å². The molecule has 2 aliphatic rings. The van der Waals surface area contributed by atoms with Crippen molar-refractivity contribution < 1.29 is 19.5 Å². The number of carbonyl (C=O) groups excluding carboxylic acids is 3. The Balaban J connectivity index is 1.32. The van der Waals surface area contributed by atoms with E-state index >= 15 is 0 Å². The van der Waals surface area contributed by atoms with Crippen LogP contribution < -0.4 is 10.6 Å². The van der Waals surface area contributed by atoms with Gasteiger partial charge < -0.3 is 20.6 Å². The molecule has 3 N–H and O–H groups in total. The molecule has 3 atom stereocenters. The number of hydrogen-bond acceptors (Lipinski definition) is 5. The van der Waals surface area contributed by atoms with Gasteiger partial charge in [0, 0.05) is 17.5 Å². The molecule has 1 fully saturated rings. The van der Waals surface area contributed by atoms with E-state index in [1.54, 1.807) is 47.0 Å². The molecule has 3 aromatic rings. The molecule has 7 nitrogen and oxygen atoms in total. The highest BCUT2D eigenvalue weighted by Crippen LogP contribution is 2.32. The number of rotatable bonds is 5. The van der Waals surface area contributed by atoms with Crippen LogP contribution in [0.3, 0.4) is 0 Å². The summed E-state index contributed by atoms with van der Waals surface area (Å²) in [7, 11) is 0. The third-order valence-electron chi connectivity index (χ3n) is 6.81. The lowest BCUT2D eigenvalue weighted by atomic mass is 9.95. The lowest BCUT2D eigenvalue weighted by Crippen LogP contribution is -2.55. The largest absolute Gasteiger partial charge is 0.378 e. The van der Waals surface area contributed by atoms with Gasteiger partial charge in [-0.1, -0.05) is 48.5 Å². The van der Waals surface area contributed by atoms with Crippen LogP contribution in [0.4, 0.5) is 5.69 Å². The number of aliphatic hydroxyl groups is 1. The minimum absolute atomic E-state index is 0.204. The van der Waals surface area contributed by atoms with Crippen LogP contribution in [0.15, 0.2) is 77.7 Å². The fourth-order valence-corrected chi connectivity index (χ4v) is 5.23. The molecule has 0 radical (unpaired) electrons. The second-order valence-electron chi connectivity index (χ2n) is 9.04. The Labute approximate surface area is 213 Å². The third kappa shape index (κ3) is 4.74. The summed E-state index contributed by atoms with van der Waals surface area (Å²) < 4.78 is 0. The van der Waals surface area contributed by atoms with Crippen molar-refractivity contribution in [2.24, 2.45) is 0 Å². The zero-order valence-electron chi connectivity index (χ0n) is 19.8. The molecule has 0 bridgehead atoms. The van der Waals surface area contributed by atoms with Gasteiger partial charge in [0.1, 0.15) is 6.04 Å². The van der Waals surface area contributed by atoms with Gasteiger partial charge in [-0.25, -0.2) is 0 Å². The molecule has 184 valence electrons. The van der Waals surface area contributed by atoms with Crippen molar-refractivity contribution >= 4 is 35.2 Å². The third-order valence-corrected chi connectivity index (χ3v) is 7.55.